The Morgan fingerprint density at radius 1 is 1.40 bits per heavy atom. The maximum absolute atomic E-state index is 11.8. The molecule has 1 aromatic rings. The summed E-state index contributed by atoms with van der Waals surface area (Å²) in [7, 11) is 1.64. The molecule has 20 heavy (non-hydrogen) atoms. The van der Waals surface area contributed by atoms with Gasteiger partial charge in [0, 0.05) is 26.4 Å². The highest BCUT2D eigenvalue weighted by Gasteiger charge is 2.29. The first kappa shape index (κ1) is 14.4. The molecule has 1 aliphatic rings. The van der Waals surface area contributed by atoms with Gasteiger partial charge in [0.05, 0.1) is 13.2 Å². The van der Waals surface area contributed by atoms with E-state index in [1.54, 1.807) is 7.11 Å². The summed E-state index contributed by atoms with van der Waals surface area (Å²) in [4.78, 5) is 24.7. The lowest BCUT2D eigenvalue weighted by atomic mass is 10.1. The van der Waals surface area contributed by atoms with Crippen molar-refractivity contribution in [3.63, 3.8) is 0 Å². The molecule has 5 nitrogen and oxygen atoms in total. The minimum Gasteiger partial charge on any atom is -0.497 e. The zero-order valence-electron chi connectivity index (χ0n) is 11.9. The number of hydrogen-bond acceptors (Lipinski definition) is 3. The van der Waals surface area contributed by atoms with Crippen LogP contribution in [0.3, 0.4) is 0 Å². The molecule has 0 aromatic heterocycles. The van der Waals surface area contributed by atoms with E-state index in [1.807, 2.05) is 29.2 Å². The standard InChI is InChI=1S/C15H20N2O3/c1-11(18)16-13-9-15(19)17(10-13)8-7-12-3-5-14(20-2)6-4-12/h3-6,13H,7-10H2,1-2H3,(H,16,18). The second-order valence-corrected chi connectivity index (χ2v) is 5.04. The van der Waals surface area contributed by atoms with E-state index in [2.05, 4.69) is 5.32 Å². The average molecular weight is 276 g/mol. The Balaban J connectivity index is 1.84. The molecular weight excluding hydrogens is 256 g/mol. The van der Waals surface area contributed by atoms with Crippen molar-refractivity contribution in [1.29, 1.82) is 0 Å². The maximum atomic E-state index is 11.8. The Morgan fingerprint density at radius 2 is 2.10 bits per heavy atom. The lowest BCUT2D eigenvalue weighted by Crippen LogP contribution is -2.36. The van der Waals surface area contributed by atoms with Gasteiger partial charge in [0.15, 0.2) is 0 Å². The van der Waals surface area contributed by atoms with Crippen LogP contribution in [-0.4, -0.2) is 43.0 Å². The first-order valence-corrected chi connectivity index (χ1v) is 6.76. The molecular formula is C15H20N2O3. The zero-order chi connectivity index (χ0) is 14.5. The predicted octanol–water partition coefficient (Wildman–Crippen LogP) is 0.975. The van der Waals surface area contributed by atoms with Crippen LogP contribution in [0, 0.1) is 0 Å². The third-order valence-electron chi connectivity index (χ3n) is 3.45. The largest absolute Gasteiger partial charge is 0.497 e. The molecule has 1 aromatic carbocycles. The van der Waals surface area contributed by atoms with Gasteiger partial charge in [0.2, 0.25) is 11.8 Å². The quantitative estimate of drug-likeness (QED) is 0.872. The minimum absolute atomic E-state index is 0.0455. The summed E-state index contributed by atoms with van der Waals surface area (Å²) in [5.74, 6) is 0.855. The van der Waals surface area contributed by atoms with E-state index in [0.717, 1.165) is 12.2 Å². The molecule has 1 unspecified atom stereocenters. The molecule has 0 saturated carbocycles. The Hall–Kier alpha value is -2.04. The van der Waals surface area contributed by atoms with Crippen LogP contribution in [0.1, 0.15) is 18.9 Å². The number of rotatable bonds is 5. The number of likely N-dealkylation sites (tertiary alicyclic amines) is 1. The first-order chi connectivity index (χ1) is 9.58. The second-order valence-electron chi connectivity index (χ2n) is 5.04. The average Bonchev–Trinajstić information content (AvgIpc) is 2.76. The van der Waals surface area contributed by atoms with Gasteiger partial charge in [0.1, 0.15) is 5.75 Å². The van der Waals surface area contributed by atoms with Crippen LogP contribution >= 0.6 is 0 Å². The number of carbonyl (C=O) groups excluding carboxylic acids is 2. The van der Waals surface area contributed by atoms with Crippen LogP contribution in [0.5, 0.6) is 5.75 Å². The molecule has 1 heterocycles. The summed E-state index contributed by atoms with van der Waals surface area (Å²) in [5, 5.41) is 2.80. The van der Waals surface area contributed by atoms with E-state index >= 15 is 0 Å². The number of amides is 2. The van der Waals surface area contributed by atoms with Gasteiger partial charge in [0.25, 0.3) is 0 Å². The van der Waals surface area contributed by atoms with Crippen LogP contribution in [-0.2, 0) is 16.0 Å². The molecule has 0 spiro atoms. The highest BCUT2D eigenvalue weighted by molar-refractivity contribution is 5.81. The monoisotopic (exact) mass is 276 g/mol. The van der Waals surface area contributed by atoms with Crippen LogP contribution in [0.25, 0.3) is 0 Å². The van der Waals surface area contributed by atoms with E-state index in [-0.39, 0.29) is 17.9 Å². The molecule has 1 N–H and O–H groups in total. The Labute approximate surface area is 118 Å². The van der Waals surface area contributed by atoms with Crippen molar-refractivity contribution in [3.8, 4) is 5.75 Å². The SMILES string of the molecule is COc1ccc(CCN2CC(NC(C)=O)CC2=O)cc1. The van der Waals surface area contributed by atoms with Crippen molar-refractivity contribution in [2.75, 3.05) is 20.2 Å². The normalized spacial score (nSPS) is 18.2. The van der Waals surface area contributed by atoms with E-state index < -0.39 is 0 Å². The second kappa shape index (κ2) is 6.41. The molecule has 0 aliphatic carbocycles. The van der Waals surface area contributed by atoms with Gasteiger partial charge < -0.3 is 15.0 Å². The molecule has 0 radical (unpaired) electrons. The molecule has 2 rings (SSSR count). The van der Waals surface area contributed by atoms with Crippen molar-refractivity contribution in [1.82, 2.24) is 10.2 Å². The van der Waals surface area contributed by atoms with Crippen molar-refractivity contribution in [2.45, 2.75) is 25.8 Å². The van der Waals surface area contributed by atoms with Crippen LogP contribution in [0.4, 0.5) is 0 Å². The lowest BCUT2D eigenvalue weighted by molar-refractivity contribution is -0.127. The predicted molar refractivity (Wildman–Crippen MR) is 75.5 cm³/mol. The smallest absolute Gasteiger partial charge is 0.224 e. The Bertz CT molecular complexity index is 484. The van der Waals surface area contributed by atoms with Gasteiger partial charge in [-0.15, -0.1) is 0 Å². The van der Waals surface area contributed by atoms with Gasteiger partial charge >= 0.3 is 0 Å². The lowest BCUT2D eigenvalue weighted by Gasteiger charge is -2.16. The highest BCUT2D eigenvalue weighted by Crippen LogP contribution is 2.15. The third kappa shape index (κ3) is 3.73. The fourth-order valence-corrected chi connectivity index (χ4v) is 2.43. The number of methoxy groups -OCH3 is 1. The molecule has 0 bridgehead atoms. The molecule has 108 valence electrons. The van der Waals surface area contributed by atoms with Crippen LogP contribution in [0.2, 0.25) is 0 Å². The van der Waals surface area contributed by atoms with Crippen molar-refractivity contribution < 1.29 is 14.3 Å². The number of carbonyl (C=O) groups is 2. The van der Waals surface area contributed by atoms with E-state index in [4.69, 9.17) is 4.74 Å². The molecule has 1 fully saturated rings. The van der Waals surface area contributed by atoms with Crippen LogP contribution < -0.4 is 10.1 Å². The molecule has 1 saturated heterocycles. The molecule has 1 aliphatic heterocycles. The maximum Gasteiger partial charge on any atom is 0.224 e. The topological polar surface area (TPSA) is 58.6 Å². The Morgan fingerprint density at radius 3 is 2.70 bits per heavy atom. The fourth-order valence-electron chi connectivity index (χ4n) is 2.43. The van der Waals surface area contributed by atoms with Gasteiger partial charge in [-0.2, -0.15) is 0 Å². The summed E-state index contributed by atoms with van der Waals surface area (Å²) in [6, 6.07) is 7.80. The van der Waals surface area contributed by atoms with E-state index in [0.29, 0.717) is 19.5 Å². The Kier molecular flexibility index (Phi) is 4.61. The summed E-state index contributed by atoms with van der Waals surface area (Å²) in [6.45, 7) is 2.76. The summed E-state index contributed by atoms with van der Waals surface area (Å²) < 4.78 is 5.11. The van der Waals surface area contributed by atoms with Crippen LogP contribution in [0.15, 0.2) is 24.3 Å². The van der Waals surface area contributed by atoms with E-state index in [9.17, 15) is 9.59 Å². The number of nitrogens with one attached hydrogen (secondary N) is 1. The summed E-state index contributed by atoms with van der Waals surface area (Å²) >= 11 is 0. The van der Waals surface area contributed by atoms with Crippen molar-refractivity contribution in [3.05, 3.63) is 29.8 Å². The molecule has 2 amide bonds. The number of nitrogens with zero attached hydrogens (tertiary/aromatic N) is 1. The number of hydrogen-bond donors (Lipinski definition) is 1. The minimum atomic E-state index is -0.0835. The number of benzene rings is 1. The van der Waals surface area contributed by atoms with Gasteiger partial charge in [-0.3, -0.25) is 9.59 Å². The summed E-state index contributed by atoms with van der Waals surface area (Å²) in [6.07, 6.45) is 1.21. The highest BCUT2D eigenvalue weighted by atomic mass is 16.5. The van der Waals surface area contributed by atoms with Gasteiger partial charge in [-0.25, -0.2) is 0 Å². The van der Waals surface area contributed by atoms with Crippen molar-refractivity contribution >= 4 is 11.8 Å². The zero-order valence-corrected chi connectivity index (χ0v) is 11.9. The fraction of sp³-hybridized carbons (Fsp3) is 0.467. The van der Waals surface area contributed by atoms with E-state index in [1.165, 1.54) is 12.5 Å². The molecule has 1 atom stereocenters. The molecule has 5 heteroatoms. The van der Waals surface area contributed by atoms with Crippen molar-refractivity contribution in [2.24, 2.45) is 0 Å². The van der Waals surface area contributed by atoms with Gasteiger partial charge in [-0.05, 0) is 24.1 Å². The summed E-state index contributed by atoms with van der Waals surface area (Å²) in [5.41, 5.74) is 1.17. The first-order valence-electron chi connectivity index (χ1n) is 6.76. The number of ether oxygens (including phenoxy) is 1. The third-order valence-corrected chi connectivity index (χ3v) is 3.45. The van der Waals surface area contributed by atoms with Gasteiger partial charge in [-0.1, -0.05) is 12.1 Å².